The topological polar surface area (TPSA) is 70.4 Å². The van der Waals surface area contributed by atoms with E-state index in [1.807, 2.05) is 0 Å². The Morgan fingerprint density at radius 3 is 2.82 bits per heavy atom. The fourth-order valence-electron chi connectivity index (χ4n) is 2.14. The SMILES string of the molecule is CCOC(=O)Oc1cn(C2CC2)c2nc(Cl)c(Cl)cc2c1=O. The van der Waals surface area contributed by atoms with Gasteiger partial charge in [-0.25, -0.2) is 9.78 Å². The summed E-state index contributed by atoms with van der Waals surface area (Å²) in [6.07, 6.45) is 2.46. The molecule has 22 heavy (non-hydrogen) atoms. The minimum atomic E-state index is -0.922. The highest BCUT2D eigenvalue weighted by atomic mass is 35.5. The van der Waals surface area contributed by atoms with Crippen LogP contribution in [0.4, 0.5) is 4.79 Å². The molecule has 0 N–H and O–H groups in total. The smallest absolute Gasteiger partial charge is 0.434 e. The van der Waals surface area contributed by atoms with E-state index in [4.69, 9.17) is 32.7 Å². The number of nitrogens with zero attached hydrogens (tertiary/aromatic N) is 2. The second kappa shape index (κ2) is 5.78. The third-order valence-electron chi connectivity index (χ3n) is 3.28. The number of fused-ring (bicyclic) bond motifs is 1. The summed E-state index contributed by atoms with van der Waals surface area (Å²) in [5.41, 5.74) is -0.0517. The lowest BCUT2D eigenvalue weighted by atomic mass is 10.2. The summed E-state index contributed by atoms with van der Waals surface area (Å²) in [6.45, 7) is 1.81. The van der Waals surface area contributed by atoms with Crippen molar-refractivity contribution >= 4 is 40.4 Å². The monoisotopic (exact) mass is 342 g/mol. The number of hydrogen-bond acceptors (Lipinski definition) is 5. The predicted octanol–water partition coefficient (Wildman–Crippen LogP) is 3.57. The molecule has 3 rings (SSSR count). The van der Waals surface area contributed by atoms with Gasteiger partial charge in [0.2, 0.25) is 5.43 Å². The number of pyridine rings is 2. The molecule has 0 bridgehead atoms. The van der Waals surface area contributed by atoms with Crippen LogP contribution < -0.4 is 10.2 Å². The highest BCUT2D eigenvalue weighted by Gasteiger charge is 2.27. The second-order valence-corrected chi connectivity index (χ2v) is 5.64. The molecule has 0 aliphatic heterocycles. The number of ether oxygens (including phenoxy) is 2. The summed E-state index contributed by atoms with van der Waals surface area (Å²) >= 11 is 11.9. The molecule has 2 heterocycles. The molecule has 8 heteroatoms. The number of hydrogen-bond donors (Lipinski definition) is 0. The summed E-state index contributed by atoms with van der Waals surface area (Å²) in [5.74, 6) is -0.113. The molecular formula is C14H12Cl2N2O4. The van der Waals surface area contributed by atoms with Crippen LogP contribution in [0.15, 0.2) is 17.1 Å². The molecule has 0 aromatic carbocycles. The van der Waals surface area contributed by atoms with Crippen molar-refractivity contribution in [2.45, 2.75) is 25.8 Å². The van der Waals surface area contributed by atoms with Crippen LogP contribution in [0.5, 0.6) is 5.75 Å². The first-order chi connectivity index (χ1) is 10.5. The van der Waals surface area contributed by atoms with Crippen molar-refractivity contribution in [1.82, 2.24) is 9.55 Å². The maximum absolute atomic E-state index is 12.4. The van der Waals surface area contributed by atoms with Crippen molar-refractivity contribution in [3.8, 4) is 5.75 Å². The summed E-state index contributed by atoms with van der Waals surface area (Å²) in [6, 6.07) is 1.64. The first-order valence-electron chi connectivity index (χ1n) is 6.76. The molecule has 1 fully saturated rings. The van der Waals surface area contributed by atoms with Gasteiger partial charge in [-0.1, -0.05) is 23.2 Å². The Hall–Kier alpha value is -1.79. The Kier molecular flexibility index (Phi) is 3.97. The van der Waals surface area contributed by atoms with Gasteiger partial charge in [-0.05, 0) is 25.8 Å². The normalized spacial score (nSPS) is 14.1. The molecule has 0 spiro atoms. The third-order valence-corrected chi connectivity index (χ3v) is 3.95. The van der Waals surface area contributed by atoms with E-state index >= 15 is 0 Å². The zero-order valence-corrected chi connectivity index (χ0v) is 13.1. The lowest BCUT2D eigenvalue weighted by Crippen LogP contribution is -2.18. The molecule has 2 aromatic heterocycles. The van der Waals surface area contributed by atoms with Gasteiger partial charge in [0.1, 0.15) is 10.8 Å². The summed E-state index contributed by atoms with van der Waals surface area (Å²) in [4.78, 5) is 28.1. The highest BCUT2D eigenvalue weighted by Crippen LogP contribution is 2.38. The van der Waals surface area contributed by atoms with Gasteiger partial charge in [-0.2, -0.15) is 0 Å². The van der Waals surface area contributed by atoms with Crippen LogP contribution in [-0.2, 0) is 4.74 Å². The molecule has 6 nitrogen and oxygen atoms in total. The Bertz CT molecular complexity index is 815. The second-order valence-electron chi connectivity index (χ2n) is 4.88. The quantitative estimate of drug-likeness (QED) is 0.629. The van der Waals surface area contributed by atoms with Crippen molar-refractivity contribution in [2.75, 3.05) is 6.61 Å². The van der Waals surface area contributed by atoms with Gasteiger partial charge in [0.25, 0.3) is 0 Å². The zero-order chi connectivity index (χ0) is 15.9. The maximum Gasteiger partial charge on any atom is 0.514 e. The van der Waals surface area contributed by atoms with Gasteiger partial charge in [-0.15, -0.1) is 0 Å². The Balaban J connectivity index is 2.18. The van der Waals surface area contributed by atoms with Gasteiger partial charge >= 0.3 is 6.16 Å². The van der Waals surface area contributed by atoms with Crippen LogP contribution in [0.2, 0.25) is 10.2 Å². The van der Waals surface area contributed by atoms with Crippen molar-refractivity contribution in [1.29, 1.82) is 0 Å². The zero-order valence-electron chi connectivity index (χ0n) is 11.6. The molecule has 1 aliphatic carbocycles. The molecule has 0 unspecified atom stereocenters. The van der Waals surface area contributed by atoms with E-state index in [9.17, 15) is 9.59 Å². The Morgan fingerprint density at radius 2 is 2.18 bits per heavy atom. The number of carbonyl (C=O) groups is 1. The largest absolute Gasteiger partial charge is 0.514 e. The molecule has 0 saturated heterocycles. The van der Waals surface area contributed by atoms with Crippen molar-refractivity contribution in [3.63, 3.8) is 0 Å². The minimum absolute atomic E-state index is 0.113. The number of halogens is 2. The fraction of sp³-hybridized carbons (Fsp3) is 0.357. The van der Waals surface area contributed by atoms with E-state index in [1.54, 1.807) is 11.5 Å². The predicted molar refractivity (Wildman–Crippen MR) is 81.9 cm³/mol. The third kappa shape index (κ3) is 2.76. The van der Waals surface area contributed by atoms with Crippen LogP contribution in [0, 0.1) is 0 Å². The van der Waals surface area contributed by atoms with Gasteiger partial charge < -0.3 is 14.0 Å². The molecule has 0 amide bonds. The number of aromatic nitrogens is 2. The van der Waals surface area contributed by atoms with Crippen molar-refractivity contribution in [2.24, 2.45) is 0 Å². The van der Waals surface area contributed by atoms with E-state index in [2.05, 4.69) is 4.98 Å². The van der Waals surface area contributed by atoms with E-state index in [-0.39, 0.29) is 34.0 Å². The molecule has 116 valence electrons. The maximum atomic E-state index is 12.4. The fourth-order valence-corrected chi connectivity index (χ4v) is 2.43. The number of carbonyl (C=O) groups excluding carboxylic acids is 1. The molecule has 0 atom stereocenters. The van der Waals surface area contributed by atoms with E-state index < -0.39 is 11.6 Å². The first-order valence-corrected chi connectivity index (χ1v) is 7.52. The van der Waals surface area contributed by atoms with Crippen LogP contribution in [-0.4, -0.2) is 22.3 Å². The summed E-state index contributed by atoms with van der Waals surface area (Å²) in [5, 5.41) is 0.548. The molecule has 1 aliphatic rings. The average molecular weight is 343 g/mol. The lowest BCUT2D eigenvalue weighted by Gasteiger charge is -2.12. The average Bonchev–Trinajstić information content (AvgIpc) is 3.29. The summed E-state index contributed by atoms with van der Waals surface area (Å²) in [7, 11) is 0. The standard InChI is InChI=1S/C14H12Cl2N2O4/c1-2-21-14(20)22-10-6-18(7-3-4-7)13-8(11(10)19)5-9(15)12(16)17-13/h5-7H,2-4H2,1H3. The highest BCUT2D eigenvalue weighted by molar-refractivity contribution is 6.41. The summed E-state index contributed by atoms with van der Waals surface area (Å²) < 4.78 is 11.5. The van der Waals surface area contributed by atoms with Gasteiger partial charge in [0.15, 0.2) is 5.75 Å². The van der Waals surface area contributed by atoms with Crippen molar-refractivity contribution < 1.29 is 14.3 Å². The van der Waals surface area contributed by atoms with Crippen molar-refractivity contribution in [3.05, 3.63) is 32.7 Å². The minimum Gasteiger partial charge on any atom is -0.434 e. The first kappa shape index (κ1) is 15.1. The van der Waals surface area contributed by atoms with E-state index in [0.717, 1.165) is 12.8 Å². The van der Waals surface area contributed by atoms with Gasteiger partial charge in [0, 0.05) is 6.04 Å². The van der Waals surface area contributed by atoms with E-state index in [0.29, 0.717) is 5.65 Å². The van der Waals surface area contributed by atoms with E-state index in [1.165, 1.54) is 12.3 Å². The lowest BCUT2D eigenvalue weighted by molar-refractivity contribution is 0.104. The van der Waals surface area contributed by atoms with Crippen LogP contribution in [0.25, 0.3) is 11.0 Å². The van der Waals surface area contributed by atoms with Gasteiger partial charge in [0.05, 0.1) is 23.2 Å². The molecule has 1 saturated carbocycles. The number of rotatable bonds is 3. The Labute approximate surface area is 135 Å². The molecule has 2 aromatic rings. The Morgan fingerprint density at radius 1 is 1.45 bits per heavy atom. The van der Waals surface area contributed by atoms with Crippen LogP contribution in [0.3, 0.4) is 0 Å². The van der Waals surface area contributed by atoms with Crippen LogP contribution >= 0.6 is 23.2 Å². The molecular weight excluding hydrogens is 331 g/mol. The van der Waals surface area contributed by atoms with Gasteiger partial charge in [-0.3, -0.25) is 4.79 Å². The van der Waals surface area contributed by atoms with Crippen LogP contribution in [0.1, 0.15) is 25.8 Å². The molecule has 0 radical (unpaired) electrons.